The van der Waals surface area contributed by atoms with Gasteiger partial charge in [0.1, 0.15) is 6.54 Å². The molecule has 4 nitrogen and oxygen atoms in total. The molecule has 1 aliphatic rings. The summed E-state index contributed by atoms with van der Waals surface area (Å²) in [6, 6.07) is 0. The summed E-state index contributed by atoms with van der Waals surface area (Å²) in [6.07, 6.45) is 0. The maximum atomic E-state index is 13.3. The summed E-state index contributed by atoms with van der Waals surface area (Å²) in [5.74, 6) is -21.9. The molecule has 0 aromatic heterocycles. The SMILES string of the molecule is C=NN1CC(F)(F)C(F)(F)C(F)(F)C(F)(F)/C1=N/N. The molecule has 0 amide bonds. The highest BCUT2D eigenvalue weighted by Crippen LogP contribution is 2.55. The molecule has 0 aromatic carbocycles. The van der Waals surface area contributed by atoms with Gasteiger partial charge in [0.15, 0.2) is 0 Å². The van der Waals surface area contributed by atoms with E-state index in [9.17, 15) is 35.1 Å². The number of amidine groups is 1. The summed E-state index contributed by atoms with van der Waals surface area (Å²) < 4.78 is 105. The Bertz CT molecular complexity index is 417. The van der Waals surface area contributed by atoms with Gasteiger partial charge >= 0.3 is 23.7 Å². The minimum absolute atomic E-state index is 0.588. The molecule has 0 atom stereocenters. The predicted octanol–water partition coefficient (Wildman–Crippen LogP) is 1.73. The van der Waals surface area contributed by atoms with Crippen molar-refractivity contribution in [1.29, 1.82) is 0 Å². The first-order valence-electron chi connectivity index (χ1n) is 4.40. The van der Waals surface area contributed by atoms with E-state index in [1.165, 1.54) is 0 Å². The van der Waals surface area contributed by atoms with Gasteiger partial charge in [-0.25, -0.2) is 5.01 Å². The van der Waals surface area contributed by atoms with Gasteiger partial charge in [0.05, 0.1) is 0 Å². The fraction of sp³-hybridized carbons (Fsp3) is 0.714. The summed E-state index contributed by atoms with van der Waals surface area (Å²) in [7, 11) is 0. The second-order valence-electron chi connectivity index (χ2n) is 3.58. The van der Waals surface area contributed by atoms with E-state index < -0.39 is 41.1 Å². The Balaban J connectivity index is 3.63. The summed E-state index contributed by atoms with van der Waals surface area (Å²) in [5, 5.41) is 4.09. The fourth-order valence-corrected chi connectivity index (χ4v) is 1.36. The average molecular weight is 298 g/mol. The Hall–Kier alpha value is -1.62. The van der Waals surface area contributed by atoms with Crippen molar-refractivity contribution in [2.24, 2.45) is 16.0 Å². The Labute approximate surface area is 100 Å². The number of nitrogens with zero attached hydrogens (tertiary/aromatic N) is 3. The van der Waals surface area contributed by atoms with Crippen molar-refractivity contribution in [1.82, 2.24) is 5.01 Å². The van der Waals surface area contributed by atoms with E-state index in [2.05, 4.69) is 22.8 Å². The lowest BCUT2D eigenvalue weighted by molar-refractivity contribution is -0.344. The van der Waals surface area contributed by atoms with Crippen molar-refractivity contribution in [2.45, 2.75) is 23.7 Å². The first-order valence-corrected chi connectivity index (χ1v) is 4.40. The van der Waals surface area contributed by atoms with Gasteiger partial charge in [0, 0.05) is 6.72 Å². The molecule has 0 unspecified atom stereocenters. The van der Waals surface area contributed by atoms with Crippen molar-refractivity contribution in [3.8, 4) is 0 Å². The van der Waals surface area contributed by atoms with Gasteiger partial charge in [-0.15, -0.1) is 0 Å². The second-order valence-corrected chi connectivity index (χ2v) is 3.58. The van der Waals surface area contributed by atoms with Crippen molar-refractivity contribution in [3.05, 3.63) is 0 Å². The van der Waals surface area contributed by atoms with E-state index in [0.29, 0.717) is 0 Å². The lowest BCUT2D eigenvalue weighted by atomic mass is 10.0. The predicted molar refractivity (Wildman–Crippen MR) is 47.7 cm³/mol. The molecule has 19 heavy (non-hydrogen) atoms. The average Bonchev–Trinajstić information content (AvgIpc) is 2.28. The Morgan fingerprint density at radius 1 is 1.00 bits per heavy atom. The van der Waals surface area contributed by atoms with E-state index in [1.54, 1.807) is 0 Å². The first kappa shape index (κ1) is 15.4. The highest BCUT2D eigenvalue weighted by molar-refractivity contribution is 5.90. The summed E-state index contributed by atoms with van der Waals surface area (Å²) in [5.41, 5.74) is 0. The van der Waals surface area contributed by atoms with Gasteiger partial charge in [-0.05, 0) is 0 Å². The molecule has 1 heterocycles. The molecule has 1 aliphatic heterocycles. The van der Waals surface area contributed by atoms with E-state index in [1.807, 2.05) is 0 Å². The molecule has 0 saturated carbocycles. The number of rotatable bonds is 1. The third kappa shape index (κ3) is 1.72. The van der Waals surface area contributed by atoms with E-state index in [0.717, 1.165) is 0 Å². The number of halogens is 8. The lowest BCUT2D eigenvalue weighted by Crippen LogP contribution is -2.62. The molecule has 12 heteroatoms. The van der Waals surface area contributed by atoms with E-state index in [-0.39, 0.29) is 0 Å². The second kappa shape index (κ2) is 3.93. The van der Waals surface area contributed by atoms with Crippen LogP contribution in [0.25, 0.3) is 0 Å². The van der Waals surface area contributed by atoms with E-state index in [4.69, 9.17) is 0 Å². The fourth-order valence-electron chi connectivity index (χ4n) is 1.36. The van der Waals surface area contributed by atoms with E-state index >= 15 is 0 Å². The minimum atomic E-state index is -6.42. The van der Waals surface area contributed by atoms with Crippen molar-refractivity contribution >= 4 is 12.6 Å². The zero-order chi connectivity index (χ0) is 15.3. The van der Waals surface area contributed by atoms with Crippen LogP contribution in [-0.4, -0.2) is 47.8 Å². The summed E-state index contributed by atoms with van der Waals surface area (Å²) in [4.78, 5) is 0. The zero-order valence-electron chi connectivity index (χ0n) is 8.86. The smallest absolute Gasteiger partial charge is 0.321 e. The largest absolute Gasteiger partial charge is 0.385 e. The monoisotopic (exact) mass is 298 g/mol. The normalized spacial score (nSPS) is 29.9. The molecule has 1 rings (SSSR count). The molecule has 110 valence electrons. The number of hydrogen-bond acceptors (Lipinski definition) is 3. The number of hydrogen-bond donors (Lipinski definition) is 1. The van der Waals surface area contributed by atoms with Gasteiger partial charge in [-0.3, -0.25) is 0 Å². The topological polar surface area (TPSA) is 54.0 Å². The molecule has 0 spiro atoms. The maximum absolute atomic E-state index is 13.3. The van der Waals surface area contributed by atoms with Crippen LogP contribution in [0.15, 0.2) is 10.2 Å². The molecule has 0 aromatic rings. The van der Waals surface area contributed by atoms with Crippen molar-refractivity contribution in [2.75, 3.05) is 6.54 Å². The van der Waals surface area contributed by atoms with Gasteiger partial charge in [-0.2, -0.15) is 45.3 Å². The molecule has 0 bridgehead atoms. The van der Waals surface area contributed by atoms with Gasteiger partial charge < -0.3 is 5.84 Å². The molecule has 2 N–H and O–H groups in total. The van der Waals surface area contributed by atoms with Crippen LogP contribution in [0.2, 0.25) is 0 Å². The summed E-state index contributed by atoms with van der Waals surface area (Å²) >= 11 is 0. The van der Waals surface area contributed by atoms with Gasteiger partial charge in [0.25, 0.3) is 0 Å². The molecule has 1 fully saturated rings. The summed E-state index contributed by atoms with van der Waals surface area (Å²) in [6.45, 7) is 0.261. The van der Waals surface area contributed by atoms with Crippen molar-refractivity contribution in [3.63, 3.8) is 0 Å². The number of hydrazone groups is 2. The van der Waals surface area contributed by atoms with Crippen LogP contribution in [0, 0.1) is 0 Å². The molecule has 0 aliphatic carbocycles. The van der Waals surface area contributed by atoms with Crippen LogP contribution in [0.5, 0.6) is 0 Å². The van der Waals surface area contributed by atoms with Crippen LogP contribution in [0.3, 0.4) is 0 Å². The van der Waals surface area contributed by atoms with Crippen LogP contribution >= 0.6 is 0 Å². The first-order chi connectivity index (χ1) is 8.36. The molecular formula is C7H6F8N4. The van der Waals surface area contributed by atoms with Gasteiger partial charge in [-0.1, -0.05) is 0 Å². The van der Waals surface area contributed by atoms with Crippen LogP contribution in [0.1, 0.15) is 0 Å². The zero-order valence-corrected chi connectivity index (χ0v) is 8.86. The Kier molecular flexibility index (Phi) is 3.20. The molecular weight excluding hydrogens is 292 g/mol. The van der Waals surface area contributed by atoms with Crippen LogP contribution in [-0.2, 0) is 0 Å². The highest BCUT2D eigenvalue weighted by atomic mass is 19.4. The minimum Gasteiger partial charge on any atom is -0.321 e. The Morgan fingerprint density at radius 2 is 1.47 bits per heavy atom. The number of alkyl halides is 8. The third-order valence-electron chi connectivity index (χ3n) is 2.41. The quantitative estimate of drug-likeness (QED) is 0.347. The third-order valence-corrected chi connectivity index (χ3v) is 2.41. The maximum Gasteiger partial charge on any atom is 0.385 e. The van der Waals surface area contributed by atoms with Gasteiger partial charge in [0.2, 0.25) is 5.84 Å². The molecule has 0 radical (unpaired) electrons. The van der Waals surface area contributed by atoms with Crippen molar-refractivity contribution < 1.29 is 35.1 Å². The number of nitrogens with two attached hydrogens (primary N) is 1. The molecule has 1 saturated heterocycles. The van der Waals surface area contributed by atoms with Crippen LogP contribution in [0.4, 0.5) is 35.1 Å². The van der Waals surface area contributed by atoms with Crippen LogP contribution < -0.4 is 5.84 Å². The highest BCUT2D eigenvalue weighted by Gasteiger charge is 2.84. The standard InChI is InChI=1S/C7H6F8N4/c1-17-19-2-4(8,9)6(12,13)7(14,15)5(10,11)3(19)18-16/h1-2,16H2/b18-3-. The lowest BCUT2D eigenvalue weighted by Gasteiger charge is -2.32. The Morgan fingerprint density at radius 3 is 1.84 bits per heavy atom.